The maximum Gasteiger partial charge on any atom is 0.252 e. The Balaban J connectivity index is 1.20. The van der Waals surface area contributed by atoms with Crippen LogP contribution in [0.2, 0.25) is 0 Å². The number of para-hydroxylation sites is 7. The third-order valence-corrected chi connectivity index (χ3v) is 14.2. The van der Waals surface area contributed by atoms with E-state index in [0.717, 1.165) is 110 Å². The molecule has 0 spiro atoms. The Morgan fingerprint density at radius 1 is 0.333 bits per heavy atom. The van der Waals surface area contributed by atoms with Crippen LogP contribution in [-0.4, -0.2) is 25.0 Å². The van der Waals surface area contributed by atoms with Crippen molar-refractivity contribution in [3.8, 4) is 34.9 Å². The zero-order chi connectivity index (χ0) is 41.2. The molecule has 2 aliphatic rings. The first kappa shape index (κ1) is 33.0. The van der Waals surface area contributed by atoms with Crippen LogP contribution in [0.15, 0.2) is 176 Å². The average molecular weight is 797 g/mol. The minimum absolute atomic E-state index is 0.217. The number of benzene rings is 9. The van der Waals surface area contributed by atoms with Gasteiger partial charge in [-0.2, -0.15) is 10.5 Å². The Bertz CT molecular complexity index is 4190. The summed E-state index contributed by atoms with van der Waals surface area (Å²) in [6.45, 7) is -0.217. The molecule has 15 rings (SSSR count). The molecule has 0 bridgehead atoms. The van der Waals surface area contributed by atoms with E-state index in [1.54, 1.807) is 0 Å². The highest BCUT2D eigenvalue weighted by molar-refractivity contribution is 7.00. The van der Waals surface area contributed by atoms with Crippen LogP contribution >= 0.6 is 0 Å². The van der Waals surface area contributed by atoms with Gasteiger partial charge in [-0.15, -0.1) is 0 Å². The second kappa shape index (κ2) is 11.5. The van der Waals surface area contributed by atoms with Crippen molar-refractivity contribution in [2.75, 3.05) is 0 Å². The number of hydrogen-bond donors (Lipinski definition) is 0. The lowest BCUT2D eigenvalue weighted by molar-refractivity contribution is 1.08. The lowest BCUT2D eigenvalue weighted by atomic mass is 9.34. The number of rotatable bonds is 2. The lowest BCUT2D eigenvalue weighted by Gasteiger charge is -2.35. The summed E-state index contributed by atoms with van der Waals surface area (Å²) in [4.78, 5) is 0. The van der Waals surface area contributed by atoms with Crippen LogP contribution in [0, 0.1) is 22.7 Å². The van der Waals surface area contributed by atoms with Crippen LogP contribution < -0.4 is 16.4 Å². The highest BCUT2D eigenvalue weighted by atomic mass is 15.1. The predicted molar refractivity (Wildman–Crippen MR) is 258 cm³/mol. The summed E-state index contributed by atoms with van der Waals surface area (Å²) in [7, 11) is 0. The van der Waals surface area contributed by atoms with Crippen molar-refractivity contribution in [2.24, 2.45) is 0 Å². The van der Waals surface area contributed by atoms with Gasteiger partial charge in [-0.3, -0.25) is 0 Å². The average Bonchev–Trinajstić information content (AvgIpc) is 4.06. The molecule has 0 unspecified atom stereocenters. The van der Waals surface area contributed by atoms with E-state index in [-0.39, 0.29) is 6.71 Å². The molecule has 0 amide bonds. The van der Waals surface area contributed by atoms with Gasteiger partial charge in [0.2, 0.25) is 0 Å². The fourth-order valence-corrected chi connectivity index (χ4v) is 11.9. The number of fused-ring (bicyclic) bond motifs is 16. The number of aromatic nitrogens is 4. The van der Waals surface area contributed by atoms with Gasteiger partial charge in [0, 0.05) is 59.8 Å². The Morgan fingerprint density at radius 3 is 1.22 bits per heavy atom. The second-order valence-electron chi connectivity index (χ2n) is 17.0. The molecule has 63 heavy (non-hydrogen) atoms. The molecule has 4 aromatic heterocycles. The summed E-state index contributed by atoms with van der Waals surface area (Å²) >= 11 is 0. The van der Waals surface area contributed by atoms with Gasteiger partial charge in [-0.05, 0) is 64.9 Å². The topological polar surface area (TPSA) is 67.3 Å². The first-order chi connectivity index (χ1) is 31.2. The quantitative estimate of drug-likeness (QED) is 0.164. The van der Waals surface area contributed by atoms with E-state index in [9.17, 15) is 10.5 Å². The van der Waals surface area contributed by atoms with E-state index in [1.807, 2.05) is 0 Å². The van der Waals surface area contributed by atoms with E-state index in [2.05, 4.69) is 206 Å². The molecular weight excluding hydrogens is 767 g/mol. The molecule has 0 N–H and O–H groups in total. The molecule has 286 valence electrons. The summed E-state index contributed by atoms with van der Waals surface area (Å²) in [6, 6.07) is 68.1. The Morgan fingerprint density at radius 2 is 0.730 bits per heavy atom. The highest BCUT2D eigenvalue weighted by Crippen LogP contribution is 2.46. The standard InChI is InChI=1S/C56H29BN6/c58-30-41-52(61-46-25-9-7-19-36(46)40-28-49-39(29-50(40)61)35-18-6-8-24-45(35)60(49)32-14-2-1-3-15-32)42(31-59)56-51-55(41)62-47-26-10-4-16-33(47)37-20-12-22-43(53(37)62)57(51)44-23-13-21-38-34-17-5-11-27-48(34)63(56)54(38)44/h1-29H. The molecule has 0 saturated heterocycles. The highest BCUT2D eigenvalue weighted by Gasteiger charge is 2.44. The minimum atomic E-state index is -0.217. The Kier molecular flexibility index (Phi) is 6.04. The zero-order valence-electron chi connectivity index (χ0n) is 33.5. The van der Waals surface area contributed by atoms with Crippen molar-refractivity contribution in [1.29, 1.82) is 10.5 Å². The third kappa shape index (κ3) is 3.82. The maximum absolute atomic E-state index is 11.9. The van der Waals surface area contributed by atoms with Crippen molar-refractivity contribution in [3.05, 3.63) is 187 Å². The van der Waals surface area contributed by atoms with Crippen LogP contribution in [-0.2, 0) is 0 Å². The van der Waals surface area contributed by atoms with Crippen LogP contribution in [0.5, 0.6) is 0 Å². The van der Waals surface area contributed by atoms with Crippen molar-refractivity contribution in [1.82, 2.24) is 18.3 Å². The summed E-state index contributed by atoms with van der Waals surface area (Å²) in [5, 5.41) is 32.8. The van der Waals surface area contributed by atoms with Crippen LogP contribution in [0.3, 0.4) is 0 Å². The maximum atomic E-state index is 11.9. The minimum Gasteiger partial charge on any atom is -0.309 e. The van der Waals surface area contributed by atoms with Crippen LogP contribution in [0.4, 0.5) is 0 Å². The fourth-order valence-electron chi connectivity index (χ4n) is 11.9. The molecule has 0 fully saturated rings. The zero-order valence-corrected chi connectivity index (χ0v) is 33.5. The smallest absolute Gasteiger partial charge is 0.252 e. The van der Waals surface area contributed by atoms with E-state index < -0.39 is 0 Å². The van der Waals surface area contributed by atoms with Gasteiger partial charge in [0.15, 0.2) is 0 Å². The molecule has 0 saturated carbocycles. The van der Waals surface area contributed by atoms with Crippen molar-refractivity contribution in [3.63, 3.8) is 0 Å². The first-order valence-electron chi connectivity index (χ1n) is 21.4. The van der Waals surface area contributed by atoms with Gasteiger partial charge in [-0.1, -0.05) is 127 Å². The molecule has 0 atom stereocenters. The second-order valence-corrected chi connectivity index (χ2v) is 17.0. The van der Waals surface area contributed by atoms with E-state index in [1.165, 1.54) is 10.9 Å². The number of hydrogen-bond acceptors (Lipinski definition) is 2. The summed E-state index contributed by atoms with van der Waals surface area (Å²) < 4.78 is 9.26. The van der Waals surface area contributed by atoms with E-state index in [4.69, 9.17) is 0 Å². The van der Waals surface area contributed by atoms with Gasteiger partial charge in [0.25, 0.3) is 6.71 Å². The fraction of sp³-hybridized carbons (Fsp3) is 0. The van der Waals surface area contributed by atoms with E-state index >= 15 is 0 Å². The molecule has 0 aliphatic carbocycles. The third-order valence-electron chi connectivity index (χ3n) is 14.2. The molecular formula is C56H29BN6. The van der Waals surface area contributed by atoms with Gasteiger partial charge in [0.1, 0.15) is 23.3 Å². The summed E-state index contributed by atoms with van der Waals surface area (Å²) in [5.41, 5.74) is 16.0. The summed E-state index contributed by atoms with van der Waals surface area (Å²) in [6.07, 6.45) is 0. The van der Waals surface area contributed by atoms with Crippen molar-refractivity contribution < 1.29 is 0 Å². The van der Waals surface area contributed by atoms with E-state index in [0.29, 0.717) is 16.8 Å². The van der Waals surface area contributed by atoms with Gasteiger partial charge in [-0.25, -0.2) is 0 Å². The lowest BCUT2D eigenvalue weighted by Crippen LogP contribution is -2.60. The largest absolute Gasteiger partial charge is 0.309 e. The number of nitrogens with zero attached hydrogens (tertiary/aromatic N) is 6. The van der Waals surface area contributed by atoms with Crippen LogP contribution in [0.1, 0.15) is 11.1 Å². The summed E-state index contributed by atoms with van der Waals surface area (Å²) in [5.74, 6) is 0. The van der Waals surface area contributed by atoms with Gasteiger partial charge in [0.05, 0.1) is 50.2 Å². The molecule has 6 nitrogen and oxygen atoms in total. The Labute approximate surface area is 359 Å². The number of nitriles is 2. The van der Waals surface area contributed by atoms with Gasteiger partial charge < -0.3 is 18.3 Å². The van der Waals surface area contributed by atoms with Crippen molar-refractivity contribution in [2.45, 2.75) is 0 Å². The van der Waals surface area contributed by atoms with Crippen molar-refractivity contribution >= 4 is 110 Å². The normalized spacial score (nSPS) is 12.7. The molecule has 6 heterocycles. The first-order valence-corrected chi connectivity index (χ1v) is 21.4. The Hall–Kier alpha value is -8.78. The molecule has 13 aromatic rings. The van der Waals surface area contributed by atoms with Crippen LogP contribution in [0.25, 0.3) is 110 Å². The molecule has 0 radical (unpaired) electrons. The molecule has 7 heteroatoms. The molecule has 2 aliphatic heterocycles. The predicted octanol–water partition coefficient (Wildman–Crippen LogP) is 11.0. The van der Waals surface area contributed by atoms with Gasteiger partial charge >= 0.3 is 0 Å². The molecule has 9 aromatic carbocycles. The SMILES string of the molecule is N#Cc1c(-n2c3ccccc3c3cc4c(cc32)c2ccccc2n4-c2ccccc2)c(C#N)c2c3c1-n1c4ccccc4c4cccc(c41)B3c1cccc3c4ccccc4n-2c13. The monoisotopic (exact) mass is 796 g/mol.